The number of hydrogen-bond donors (Lipinski definition) is 3. The van der Waals surface area contributed by atoms with Crippen LogP contribution in [0, 0.1) is 0 Å². The SMILES string of the molecule is CCCCCCCC/C=C\CCCCCCCCCC(=O)OCCCCCCCCCCCCCC/C=C\CCCCCCCCCCCCC(=O)NC(CO)C(O)CCCCCCCCCCCCCCCCCCCCCCCC. The fourth-order valence-corrected chi connectivity index (χ4v) is 12.0. The van der Waals surface area contributed by atoms with Crippen molar-refractivity contribution in [2.45, 2.75) is 437 Å². The van der Waals surface area contributed by atoms with Crippen molar-refractivity contribution < 1.29 is 24.5 Å². The number of esters is 1. The highest BCUT2D eigenvalue weighted by Crippen LogP contribution is 2.19. The fourth-order valence-electron chi connectivity index (χ4n) is 12.0. The summed E-state index contributed by atoms with van der Waals surface area (Å²) in [5.74, 6) is -0.0199. The normalized spacial score (nSPS) is 12.6. The van der Waals surface area contributed by atoms with Gasteiger partial charge < -0.3 is 20.3 Å². The molecule has 0 aliphatic heterocycles. The van der Waals surface area contributed by atoms with E-state index in [4.69, 9.17) is 4.74 Å². The molecule has 0 aromatic carbocycles. The lowest BCUT2D eigenvalue weighted by atomic mass is 10.0. The van der Waals surface area contributed by atoms with Crippen LogP contribution >= 0.6 is 0 Å². The Labute approximate surface area is 513 Å². The summed E-state index contributed by atoms with van der Waals surface area (Å²) in [6.45, 7) is 4.99. The maximum absolute atomic E-state index is 12.6. The monoisotopic (exact) mass is 1150 g/mol. The number of hydrogen-bond acceptors (Lipinski definition) is 5. The molecule has 1 amide bonds. The van der Waals surface area contributed by atoms with Gasteiger partial charge in [0, 0.05) is 12.8 Å². The van der Waals surface area contributed by atoms with Crippen molar-refractivity contribution in [1.82, 2.24) is 5.32 Å². The molecule has 0 aromatic rings. The molecule has 0 aromatic heterocycles. The van der Waals surface area contributed by atoms with Gasteiger partial charge in [-0.05, 0) is 77.0 Å². The predicted octanol–water partition coefficient (Wildman–Crippen LogP) is 24.5. The third-order valence-electron chi connectivity index (χ3n) is 17.7. The summed E-state index contributed by atoms with van der Waals surface area (Å²) in [5.41, 5.74) is 0. The Hall–Kier alpha value is -1.66. The first-order chi connectivity index (χ1) is 40.5. The van der Waals surface area contributed by atoms with E-state index in [0.717, 1.165) is 44.9 Å². The number of nitrogens with one attached hydrogen (secondary N) is 1. The Balaban J connectivity index is 3.38. The zero-order valence-electron chi connectivity index (χ0n) is 55.8. The molecule has 0 aliphatic rings. The van der Waals surface area contributed by atoms with Crippen LogP contribution in [-0.4, -0.2) is 47.4 Å². The fraction of sp³-hybridized carbons (Fsp3) is 0.921. The highest BCUT2D eigenvalue weighted by molar-refractivity contribution is 5.76. The molecule has 3 N–H and O–H groups in total. The average molecular weight is 1160 g/mol. The second-order valence-corrected chi connectivity index (χ2v) is 26.0. The second kappa shape index (κ2) is 71.8. The standard InChI is InChI=1S/C76H147NO5/c1-3-5-7-9-11-13-15-17-19-21-22-23-30-33-37-40-44-48-52-56-60-64-68-74(79)73(72-78)77-75(80)69-65-61-57-53-49-45-41-38-34-31-28-26-24-25-27-29-32-35-39-43-47-51-55-59-63-67-71-82-76(81)70-66-62-58-54-50-46-42-36-20-18-16-14-12-10-8-6-4-2/h18,20,24,26,73-74,78-79H,3-17,19,21-23,25,27-72H2,1-2H3,(H,77,80)/b20-18-,26-24-. The quantitative estimate of drug-likeness (QED) is 0.0320. The number of unbranched alkanes of at least 4 members (excludes halogenated alkanes) is 56. The van der Waals surface area contributed by atoms with E-state index in [1.165, 1.54) is 347 Å². The van der Waals surface area contributed by atoms with E-state index >= 15 is 0 Å². The Kier molecular flexibility index (Phi) is 70.4. The summed E-state index contributed by atoms with van der Waals surface area (Å²) in [6, 6.07) is -0.544. The second-order valence-electron chi connectivity index (χ2n) is 26.0. The molecule has 0 rings (SSSR count). The van der Waals surface area contributed by atoms with Crippen LogP contribution in [0.5, 0.6) is 0 Å². The van der Waals surface area contributed by atoms with Crippen LogP contribution in [0.1, 0.15) is 425 Å². The molecule has 0 fully saturated rings. The van der Waals surface area contributed by atoms with Crippen LogP contribution in [0.3, 0.4) is 0 Å². The van der Waals surface area contributed by atoms with Gasteiger partial charge >= 0.3 is 5.97 Å². The van der Waals surface area contributed by atoms with E-state index in [0.29, 0.717) is 25.9 Å². The first-order valence-corrected chi connectivity index (χ1v) is 37.6. The van der Waals surface area contributed by atoms with Crippen LogP contribution in [-0.2, 0) is 14.3 Å². The average Bonchev–Trinajstić information content (AvgIpc) is 3.48. The van der Waals surface area contributed by atoms with E-state index < -0.39 is 12.1 Å². The molecule has 0 saturated carbocycles. The molecule has 0 saturated heterocycles. The van der Waals surface area contributed by atoms with Crippen molar-refractivity contribution in [2.24, 2.45) is 0 Å². The van der Waals surface area contributed by atoms with Crippen LogP contribution in [0.2, 0.25) is 0 Å². The molecule has 0 aliphatic carbocycles. The first-order valence-electron chi connectivity index (χ1n) is 37.6. The van der Waals surface area contributed by atoms with E-state index in [9.17, 15) is 19.8 Å². The van der Waals surface area contributed by atoms with Gasteiger partial charge in [0.05, 0.1) is 25.4 Å². The number of aliphatic hydroxyl groups excluding tert-OH is 2. The number of aliphatic hydroxyl groups is 2. The first kappa shape index (κ1) is 80.3. The molecule has 0 radical (unpaired) electrons. The lowest BCUT2D eigenvalue weighted by Gasteiger charge is -2.22. The topological polar surface area (TPSA) is 95.9 Å². The van der Waals surface area contributed by atoms with Crippen LogP contribution in [0.4, 0.5) is 0 Å². The van der Waals surface area contributed by atoms with Crippen molar-refractivity contribution in [3.63, 3.8) is 0 Å². The van der Waals surface area contributed by atoms with Gasteiger partial charge in [-0.2, -0.15) is 0 Å². The molecule has 0 heterocycles. The van der Waals surface area contributed by atoms with Crippen LogP contribution in [0.25, 0.3) is 0 Å². The maximum atomic E-state index is 12.6. The zero-order valence-corrected chi connectivity index (χ0v) is 55.8. The molecule has 486 valence electrons. The Morgan fingerprint density at radius 2 is 0.573 bits per heavy atom. The van der Waals surface area contributed by atoms with Gasteiger partial charge in [-0.1, -0.05) is 359 Å². The van der Waals surface area contributed by atoms with Gasteiger partial charge in [0.2, 0.25) is 5.91 Å². The summed E-state index contributed by atoms with van der Waals surface area (Å²) in [5, 5.41) is 23.4. The van der Waals surface area contributed by atoms with Crippen LogP contribution in [0.15, 0.2) is 24.3 Å². The summed E-state index contributed by atoms with van der Waals surface area (Å²) in [4.78, 5) is 24.7. The highest BCUT2D eigenvalue weighted by Gasteiger charge is 2.20. The van der Waals surface area contributed by atoms with E-state index in [1.54, 1.807) is 0 Å². The number of carbonyl (C=O) groups is 2. The zero-order chi connectivity index (χ0) is 59.2. The van der Waals surface area contributed by atoms with Crippen molar-refractivity contribution in [3.05, 3.63) is 24.3 Å². The van der Waals surface area contributed by atoms with E-state index in [2.05, 4.69) is 43.5 Å². The number of carbonyl (C=O) groups excluding carboxylic acids is 2. The van der Waals surface area contributed by atoms with Crippen molar-refractivity contribution in [1.29, 1.82) is 0 Å². The van der Waals surface area contributed by atoms with Crippen molar-refractivity contribution in [3.8, 4) is 0 Å². The van der Waals surface area contributed by atoms with Gasteiger partial charge in [-0.3, -0.25) is 9.59 Å². The maximum Gasteiger partial charge on any atom is 0.305 e. The summed E-state index contributed by atoms with van der Waals surface area (Å²) >= 11 is 0. The van der Waals surface area contributed by atoms with Crippen molar-refractivity contribution in [2.75, 3.05) is 13.2 Å². The number of rotatable bonds is 71. The number of allylic oxidation sites excluding steroid dienone is 4. The lowest BCUT2D eigenvalue weighted by Crippen LogP contribution is -2.45. The smallest absolute Gasteiger partial charge is 0.305 e. The third kappa shape index (κ3) is 67.5. The molecule has 6 nitrogen and oxygen atoms in total. The molecule has 2 unspecified atom stereocenters. The van der Waals surface area contributed by atoms with Gasteiger partial charge in [0.15, 0.2) is 0 Å². The third-order valence-corrected chi connectivity index (χ3v) is 17.7. The molecule has 6 heteroatoms. The largest absolute Gasteiger partial charge is 0.466 e. The minimum Gasteiger partial charge on any atom is -0.466 e. The minimum atomic E-state index is -0.667. The Morgan fingerprint density at radius 1 is 0.329 bits per heavy atom. The number of amides is 1. The Morgan fingerprint density at radius 3 is 0.866 bits per heavy atom. The van der Waals surface area contributed by atoms with E-state index in [1.807, 2.05) is 0 Å². The molecule has 0 spiro atoms. The Bertz CT molecular complexity index is 1280. The highest BCUT2D eigenvalue weighted by atomic mass is 16.5. The molecular weight excluding hydrogens is 1010 g/mol. The summed E-state index contributed by atoms with van der Waals surface area (Å²) in [7, 11) is 0. The lowest BCUT2D eigenvalue weighted by molar-refractivity contribution is -0.143. The van der Waals surface area contributed by atoms with Crippen LogP contribution < -0.4 is 5.32 Å². The van der Waals surface area contributed by atoms with Gasteiger partial charge in [-0.15, -0.1) is 0 Å². The molecule has 2 atom stereocenters. The van der Waals surface area contributed by atoms with Gasteiger partial charge in [-0.25, -0.2) is 0 Å². The van der Waals surface area contributed by atoms with Crippen molar-refractivity contribution >= 4 is 11.9 Å². The van der Waals surface area contributed by atoms with E-state index in [-0.39, 0.29) is 18.5 Å². The summed E-state index contributed by atoms with van der Waals surface area (Å²) < 4.78 is 5.50. The molecule has 0 bridgehead atoms. The predicted molar refractivity (Wildman–Crippen MR) is 361 cm³/mol. The van der Waals surface area contributed by atoms with Gasteiger partial charge in [0.25, 0.3) is 0 Å². The minimum absolute atomic E-state index is 0.0121. The van der Waals surface area contributed by atoms with Gasteiger partial charge in [0.1, 0.15) is 0 Å². The molecular formula is C76H147NO5. The summed E-state index contributed by atoms with van der Waals surface area (Å²) in [6.07, 6.45) is 91.0. The number of ether oxygens (including phenoxy) is 1. The molecule has 82 heavy (non-hydrogen) atoms.